The number of nitrogens with zero attached hydrogens (tertiary/aromatic N) is 2. The van der Waals surface area contributed by atoms with Gasteiger partial charge in [0.05, 0.1) is 26.9 Å². The van der Waals surface area contributed by atoms with E-state index in [1.165, 1.54) is 0 Å². The number of ether oxygens (including phenoxy) is 3. The van der Waals surface area contributed by atoms with Crippen molar-refractivity contribution in [2.75, 3.05) is 59.7 Å². The Morgan fingerprint density at radius 2 is 2.00 bits per heavy atom. The highest BCUT2D eigenvalue weighted by atomic mass is 16.5. The molecule has 1 aromatic rings. The predicted molar refractivity (Wildman–Crippen MR) is 104 cm³/mol. The van der Waals surface area contributed by atoms with Crippen LogP contribution in [0.3, 0.4) is 0 Å². The van der Waals surface area contributed by atoms with Crippen LogP contribution in [0.25, 0.3) is 0 Å². The zero-order valence-electron chi connectivity index (χ0n) is 15.8. The molecular weight excluding hydrogens is 332 g/mol. The van der Waals surface area contributed by atoms with Crippen molar-refractivity contribution in [3.63, 3.8) is 0 Å². The van der Waals surface area contributed by atoms with Gasteiger partial charge in [-0.2, -0.15) is 0 Å². The standard InChI is InChI=1S/C19H32N4O3/c1-24-18-6-4-17(5-7-18)16-26-13-3-9-22-19(20)21-8-2-10-23-11-14-25-15-12-23/h4-7H,2-3,8-16H2,1H3,(H3,20,21,22). The summed E-state index contributed by atoms with van der Waals surface area (Å²) in [5, 5.41) is 3.17. The summed E-state index contributed by atoms with van der Waals surface area (Å²) in [4.78, 5) is 6.74. The topological polar surface area (TPSA) is 81.3 Å². The van der Waals surface area contributed by atoms with E-state index in [1.807, 2.05) is 24.3 Å². The van der Waals surface area contributed by atoms with Crippen LogP contribution in [0.15, 0.2) is 29.3 Å². The summed E-state index contributed by atoms with van der Waals surface area (Å²) in [5.74, 6) is 1.37. The molecule has 1 aromatic carbocycles. The highest BCUT2D eigenvalue weighted by Gasteiger charge is 2.08. The first kappa shape index (κ1) is 20.5. The number of benzene rings is 1. The molecule has 1 fully saturated rings. The number of aliphatic imine (C=N–C) groups is 1. The van der Waals surface area contributed by atoms with Gasteiger partial charge in [-0.3, -0.25) is 9.89 Å². The van der Waals surface area contributed by atoms with Gasteiger partial charge in [-0.05, 0) is 37.1 Å². The lowest BCUT2D eigenvalue weighted by Gasteiger charge is -2.26. The lowest BCUT2D eigenvalue weighted by atomic mass is 10.2. The molecule has 0 amide bonds. The molecule has 7 heteroatoms. The number of morpholine rings is 1. The molecule has 26 heavy (non-hydrogen) atoms. The van der Waals surface area contributed by atoms with Gasteiger partial charge in [0.15, 0.2) is 5.96 Å². The fourth-order valence-corrected chi connectivity index (χ4v) is 2.68. The van der Waals surface area contributed by atoms with E-state index in [4.69, 9.17) is 19.9 Å². The van der Waals surface area contributed by atoms with Gasteiger partial charge in [0.1, 0.15) is 5.75 Å². The van der Waals surface area contributed by atoms with Crippen LogP contribution in [0, 0.1) is 0 Å². The van der Waals surface area contributed by atoms with Crippen molar-refractivity contribution in [2.24, 2.45) is 10.7 Å². The number of rotatable bonds is 11. The summed E-state index contributed by atoms with van der Waals surface area (Å²) in [6.07, 6.45) is 1.91. The van der Waals surface area contributed by atoms with Crippen molar-refractivity contribution < 1.29 is 14.2 Å². The molecule has 0 saturated carbocycles. The van der Waals surface area contributed by atoms with E-state index in [0.29, 0.717) is 25.7 Å². The Labute approximate surface area is 156 Å². The minimum atomic E-state index is 0.516. The van der Waals surface area contributed by atoms with Crippen LogP contribution < -0.4 is 15.8 Å². The number of guanidine groups is 1. The molecular formula is C19H32N4O3. The Bertz CT molecular complexity index is 516. The maximum Gasteiger partial charge on any atom is 0.188 e. The Morgan fingerprint density at radius 3 is 2.73 bits per heavy atom. The Morgan fingerprint density at radius 1 is 1.23 bits per heavy atom. The molecule has 1 saturated heterocycles. The monoisotopic (exact) mass is 364 g/mol. The molecule has 7 nitrogen and oxygen atoms in total. The van der Waals surface area contributed by atoms with Crippen LogP contribution in [0.1, 0.15) is 18.4 Å². The lowest BCUT2D eigenvalue weighted by molar-refractivity contribution is 0.0376. The van der Waals surface area contributed by atoms with Crippen molar-refractivity contribution >= 4 is 5.96 Å². The Balaban J connectivity index is 1.45. The predicted octanol–water partition coefficient (Wildman–Crippen LogP) is 1.23. The second-order valence-corrected chi connectivity index (χ2v) is 6.26. The van der Waals surface area contributed by atoms with Gasteiger partial charge in [-0.15, -0.1) is 0 Å². The molecule has 0 atom stereocenters. The molecule has 0 spiro atoms. The largest absolute Gasteiger partial charge is 0.497 e. The van der Waals surface area contributed by atoms with Gasteiger partial charge in [0.2, 0.25) is 0 Å². The van der Waals surface area contributed by atoms with Crippen LogP contribution in [0.5, 0.6) is 5.75 Å². The first-order chi connectivity index (χ1) is 12.8. The van der Waals surface area contributed by atoms with E-state index in [0.717, 1.165) is 63.5 Å². The molecule has 1 aliphatic heterocycles. The fraction of sp³-hybridized carbons (Fsp3) is 0.632. The SMILES string of the molecule is COc1ccc(COCCCN=C(N)NCCCN2CCOCC2)cc1. The van der Waals surface area contributed by atoms with E-state index in [9.17, 15) is 0 Å². The van der Waals surface area contributed by atoms with Gasteiger partial charge in [-0.25, -0.2) is 0 Å². The lowest BCUT2D eigenvalue weighted by Crippen LogP contribution is -2.39. The molecule has 0 unspecified atom stereocenters. The van der Waals surface area contributed by atoms with Crippen LogP contribution in [0.4, 0.5) is 0 Å². The van der Waals surface area contributed by atoms with Crippen LogP contribution >= 0.6 is 0 Å². The summed E-state index contributed by atoms with van der Waals surface area (Å²) < 4.78 is 16.1. The third-order valence-electron chi connectivity index (χ3n) is 4.22. The average Bonchev–Trinajstić information content (AvgIpc) is 2.69. The van der Waals surface area contributed by atoms with E-state index in [2.05, 4.69) is 15.2 Å². The van der Waals surface area contributed by atoms with Gasteiger partial charge >= 0.3 is 0 Å². The fourth-order valence-electron chi connectivity index (χ4n) is 2.68. The maximum absolute atomic E-state index is 5.88. The van der Waals surface area contributed by atoms with E-state index in [1.54, 1.807) is 7.11 Å². The molecule has 0 aliphatic carbocycles. The van der Waals surface area contributed by atoms with Crippen molar-refractivity contribution in [3.8, 4) is 5.75 Å². The third kappa shape index (κ3) is 8.51. The maximum atomic E-state index is 5.88. The molecule has 1 aliphatic rings. The zero-order chi connectivity index (χ0) is 18.5. The minimum absolute atomic E-state index is 0.516. The molecule has 0 bridgehead atoms. The number of hydrogen-bond donors (Lipinski definition) is 2. The molecule has 2 rings (SSSR count). The number of nitrogens with one attached hydrogen (secondary N) is 1. The normalized spacial score (nSPS) is 15.8. The van der Waals surface area contributed by atoms with Crippen molar-refractivity contribution in [1.82, 2.24) is 10.2 Å². The van der Waals surface area contributed by atoms with Crippen LogP contribution in [-0.2, 0) is 16.1 Å². The third-order valence-corrected chi connectivity index (χ3v) is 4.22. The van der Waals surface area contributed by atoms with Crippen molar-refractivity contribution in [3.05, 3.63) is 29.8 Å². The highest BCUT2D eigenvalue weighted by molar-refractivity contribution is 5.77. The Hall–Kier alpha value is -1.83. The number of methoxy groups -OCH3 is 1. The van der Waals surface area contributed by atoms with E-state index in [-0.39, 0.29) is 0 Å². The molecule has 3 N–H and O–H groups in total. The van der Waals surface area contributed by atoms with Crippen LogP contribution in [-0.4, -0.2) is 70.5 Å². The molecule has 146 valence electrons. The second kappa shape index (κ2) is 12.5. The summed E-state index contributed by atoms with van der Waals surface area (Å²) in [5.41, 5.74) is 7.01. The highest BCUT2D eigenvalue weighted by Crippen LogP contribution is 2.11. The van der Waals surface area contributed by atoms with Crippen molar-refractivity contribution in [2.45, 2.75) is 19.4 Å². The molecule has 1 heterocycles. The van der Waals surface area contributed by atoms with Gasteiger partial charge < -0.3 is 25.3 Å². The van der Waals surface area contributed by atoms with Gasteiger partial charge in [-0.1, -0.05) is 12.1 Å². The average molecular weight is 364 g/mol. The van der Waals surface area contributed by atoms with Crippen LogP contribution in [0.2, 0.25) is 0 Å². The second-order valence-electron chi connectivity index (χ2n) is 6.26. The quantitative estimate of drug-likeness (QED) is 0.349. The number of hydrogen-bond acceptors (Lipinski definition) is 5. The van der Waals surface area contributed by atoms with Crippen molar-refractivity contribution in [1.29, 1.82) is 0 Å². The first-order valence-electron chi connectivity index (χ1n) is 9.32. The first-order valence-corrected chi connectivity index (χ1v) is 9.32. The van der Waals surface area contributed by atoms with E-state index >= 15 is 0 Å². The van der Waals surface area contributed by atoms with Gasteiger partial charge in [0, 0.05) is 32.8 Å². The smallest absolute Gasteiger partial charge is 0.188 e. The summed E-state index contributed by atoms with van der Waals surface area (Å²) in [6.45, 7) is 7.60. The molecule has 0 aromatic heterocycles. The summed E-state index contributed by atoms with van der Waals surface area (Å²) in [7, 11) is 1.66. The Kier molecular flexibility index (Phi) is 9.86. The minimum Gasteiger partial charge on any atom is -0.497 e. The zero-order valence-corrected chi connectivity index (χ0v) is 15.8. The number of nitrogens with two attached hydrogens (primary N) is 1. The summed E-state index contributed by atoms with van der Waals surface area (Å²) >= 11 is 0. The summed E-state index contributed by atoms with van der Waals surface area (Å²) in [6, 6.07) is 7.90. The van der Waals surface area contributed by atoms with Gasteiger partial charge in [0.25, 0.3) is 0 Å². The van der Waals surface area contributed by atoms with E-state index < -0.39 is 0 Å². The molecule has 0 radical (unpaired) electrons.